The molecule has 22 heavy (non-hydrogen) atoms. The summed E-state index contributed by atoms with van der Waals surface area (Å²) in [7, 11) is -1.43. The van der Waals surface area contributed by atoms with Crippen LogP contribution < -0.4 is 0 Å². The third-order valence-electron chi connectivity index (χ3n) is 2.93. The van der Waals surface area contributed by atoms with Crippen LogP contribution in [0.4, 0.5) is 0 Å². The lowest BCUT2D eigenvalue weighted by Crippen LogP contribution is -2.23. The van der Waals surface area contributed by atoms with E-state index in [4.69, 9.17) is 4.74 Å². The SMILES string of the molecule is Cc1cc(C)nc([S@@](=O)C[C@@H](O)COCc2ccccc2)n1. The third-order valence-corrected chi connectivity index (χ3v) is 4.21. The molecule has 0 unspecified atom stereocenters. The lowest BCUT2D eigenvalue weighted by atomic mass is 10.2. The second-order valence-corrected chi connectivity index (χ2v) is 6.49. The summed E-state index contributed by atoms with van der Waals surface area (Å²) in [5.41, 5.74) is 2.57. The van der Waals surface area contributed by atoms with Gasteiger partial charge in [0.25, 0.3) is 0 Å². The molecule has 2 rings (SSSR count). The molecule has 0 aliphatic rings. The standard InChI is InChI=1S/C16H20N2O3S/c1-12-8-13(2)18-16(17-12)22(20)11-15(19)10-21-9-14-6-4-3-5-7-14/h3-8,15,19H,9-11H2,1-2H3/t15-,22-/m0/s1. The number of rotatable bonds is 7. The number of aliphatic hydroxyl groups excluding tert-OH is 1. The molecule has 1 heterocycles. The second kappa shape index (κ2) is 8.12. The van der Waals surface area contributed by atoms with Gasteiger partial charge >= 0.3 is 0 Å². The van der Waals surface area contributed by atoms with Gasteiger partial charge in [-0.15, -0.1) is 0 Å². The van der Waals surface area contributed by atoms with Gasteiger partial charge in [0, 0.05) is 11.4 Å². The van der Waals surface area contributed by atoms with Crippen LogP contribution in [0.25, 0.3) is 0 Å². The average Bonchev–Trinajstić information content (AvgIpc) is 2.47. The van der Waals surface area contributed by atoms with Gasteiger partial charge in [0.1, 0.15) is 0 Å². The van der Waals surface area contributed by atoms with Gasteiger partial charge in [-0.3, -0.25) is 4.21 Å². The molecule has 118 valence electrons. The molecule has 0 saturated carbocycles. The molecule has 1 aromatic carbocycles. The largest absolute Gasteiger partial charge is 0.390 e. The summed E-state index contributed by atoms with van der Waals surface area (Å²) < 4.78 is 17.6. The van der Waals surface area contributed by atoms with Crippen LogP contribution in [0.2, 0.25) is 0 Å². The fraction of sp³-hybridized carbons (Fsp3) is 0.375. The monoisotopic (exact) mass is 320 g/mol. The highest BCUT2D eigenvalue weighted by atomic mass is 32.2. The molecule has 0 aliphatic carbocycles. The van der Waals surface area contributed by atoms with Crippen molar-refractivity contribution in [2.24, 2.45) is 0 Å². The van der Waals surface area contributed by atoms with E-state index in [1.54, 1.807) is 0 Å². The number of nitrogens with zero attached hydrogens (tertiary/aromatic N) is 2. The van der Waals surface area contributed by atoms with Crippen LogP contribution in [0, 0.1) is 13.8 Å². The minimum atomic E-state index is -1.43. The van der Waals surface area contributed by atoms with Crippen molar-refractivity contribution in [1.29, 1.82) is 0 Å². The molecular weight excluding hydrogens is 300 g/mol. The fourth-order valence-corrected chi connectivity index (χ4v) is 3.07. The van der Waals surface area contributed by atoms with Gasteiger partial charge in [-0.1, -0.05) is 30.3 Å². The first-order valence-corrected chi connectivity index (χ1v) is 8.37. The van der Waals surface area contributed by atoms with Gasteiger partial charge in [-0.2, -0.15) is 0 Å². The number of aryl methyl sites for hydroxylation is 2. The Morgan fingerprint density at radius 2 is 1.82 bits per heavy atom. The predicted molar refractivity (Wildman–Crippen MR) is 84.9 cm³/mol. The van der Waals surface area contributed by atoms with Crippen LogP contribution in [-0.4, -0.2) is 37.7 Å². The lowest BCUT2D eigenvalue weighted by molar-refractivity contribution is 0.0394. The molecule has 0 bridgehead atoms. The maximum atomic E-state index is 12.2. The van der Waals surface area contributed by atoms with Crippen molar-refractivity contribution in [3.05, 3.63) is 53.3 Å². The summed E-state index contributed by atoms with van der Waals surface area (Å²) in [6, 6.07) is 11.5. The average molecular weight is 320 g/mol. The maximum absolute atomic E-state index is 12.2. The first-order valence-electron chi connectivity index (χ1n) is 7.05. The number of ether oxygens (including phenoxy) is 1. The molecule has 0 spiro atoms. The normalized spacial score (nSPS) is 13.8. The Bertz CT molecular complexity index is 614. The van der Waals surface area contributed by atoms with Gasteiger partial charge in [0.2, 0.25) is 5.16 Å². The van der Waals surface area contributed by atoms with Gasteiger partial charge in [0.05, 0.1) is 35.9 Å². The molecular formula is C16H20N2O3S. The predicted octanol–water partition coefficient (Wildman–Crippen LogP) is 1.78. The second-order valence-electron chi connectivity index (χ2n) is 5.10. The maximum Gasteiger partial charge on any atom is 0.219 e. The van der Waals surface area contributed by atoms with Gasteiger partial charge in [-0.05, 0) is 25.5 Å². The Labute approximate surface area is 132 Å². The molecule has 2 atom stereocenters. The quantitative estimate of drug-likeness (QED) is 0.787. The first kappa shape index (κ1) is 16.7. The summed E-state index contributed by atoms with van der Waals surface area (Å²) in [6.07, 6.45) is -0.811. The Morgan fingerprint density at radius 1 is 1.18 bits per heavy atom. The van der Waals surface area contributed by atoms with Crippen LogP contribution >= 0.6 is 0 Å². The highest BCUT2D eigenvalue weighted by Gasteiger charge is 2.15. The molecule has 0 saturated heterocycles. The first-order chi connectivity index (χ1) is 10.5. The number of aromatic nitrogens is 2. The van der Waals surface area contributed by atoms with Gasteiger partial charge in [0.15, 0.2) is 0 Å². The van der Waals surface area contributed by atoms with Crippen molar-refractivity contribution in [3.8, 4) is 0 Å². The Kier molecular flexibility index (Phi) is 6.18. The zero-order chi connectivity index (χ0) is 15.9. The molecule has 5 nitrogen and oxygen atoms in total. The van der Waals surface area contributed by atoms with E-state index in [0.29, 0.717) is 6.61 Å². The van der Waals surface area contributed by atoms with Crippen molar-refractivity contribution >= 4 is 10.8 Å². The van der Waals surface area contributed by atoms with Gasteiger partial charge in [-0.25, -0.2) is 9.97 Å². The Hall–Kier alpha value is -1.63. The Morgan fingerprint density at radius 3 is 2.45 bits per heavy atom. The van der Waals surface area contributed by atoms with Crippen LogP contribution in [0.3, 0.4) is 0 Å². The highest BCUT2D eigenvalue weighted by molar-refractivity contribution is 7.84. The Balaban J connectivity index is 1.81. The minimum absolute atomic E-state index is 0.0671. The number of hydrogen-bond acceptors (Lipinski definition) is 5. The molecule has 0 amide bonds. The molecule has 0 fully saturated rings. The summed E-state index contributed by atoms with van der Waals surface area (Å²) in [5, 5.41) is 10.2. The van der Waals surface area contributed by atoms with Crippen molar-refractivity contribution in [3.63, 3.8) is 0 Å². The van der Waals surface area contributed by atoms with E-state index in [1.165, 1.54) is 0 Å². The summed E-state index contributed by atoms with van der Waals surface area (Å²) in [5.74, 6) is 0.0671. The molecule has 0 aliphatic heterocycles. The zero-order valence-corrected chi connectivity index (χ0v) is 13.5. The van der Waals surface area contributed by atoms with E-state index in [2.05, 4.69) is 9.97 Å². The van der Waals surface area contributed by atoms with E-state index >= 15 is 0 Å². The van der Waals surface area contributed by atoms with Gasteiger partial charge < -0.3 is 9.84 Å². The van der Waals surface area contributed by atoms with Crippen LogP contribution in [0.1, 0.15) is 17.0 Å². The van der Waals surface area contributed by atoms with E-state index in [1.807, 2.05) is 50.2 Å². The number of hydrogen-bond donors (Lipinski definition) is 1. The highest BCUT2D eigenvalue weighted by Crippen LogP contribution is 2.06. The molecule has 0 radical (unpaired) electrons. The van der Waals surface area contributed by atoms with E-state index < -0.39 is 16.9 Å². The molecule has 6 heteroatoms. The van der Waals surface area contributed by atoms with E-state index in [0.717, 1.165) is 17.0 Å². The molecule has 1 aromatic heterocycles. The molecule has 1 N–H and O–H groups in total. The lowest BCUT2D eigenvalue weighted by Gasteiger charge is -2.11. The number of aliphatic hydroxyl groups is 1. The summed E-state index contributed by atoms with van der Waals surface area (Å²) in [4.78, 5) is 8.30. The fourth-order valence-electron chi connectivity index (χ4n) is 1.98. The van der Waals surface area contributed by atoms with Crippen molar-refractivity contribution in [2.75, 3.05) is 12.4 Å². The van der Waals surface area contributed by atoms with Crippen molar-refractivity contribution in [1.82, 2.24) is 9.97 Å². The number of benzene rings is 1. The summed E-state index contributed by atoms with van der Waals surface area (Å²) >= 11 is 0. The van der Waals surface area contributed by atoms with Crippen molar-refractivity contribution in [2.45, 2.75) is 31.7 Å². The smallest absolute Gasteiger partial charge is 0.219 e. The topological polar surface area (TPSA) is 72.3 Å². The van der Waals surface area contributed by atoms with Crippen LogP contribution in [0.15, 0.2) is 41.6 Å². The third kappa shape index (κ3) is 5.29. The van der Waals surface area contributed by atoms with E-state index in [9.17, 15) is 9.32 Å². The molecule has 2 aromatic rings. The minimum Gasteiger partial charge on any atom is -0.390 e. The van der Waals surface area contributed by atoms with E-state index in [-0.39, 0.29) is 17.5 Å². The zero-order valence-electron chi connectivity index (χ0n) is 12.7. The van der Waals surface area contributed by atoms with Crippen LogP contribution in [-0.2, 0) is 22.1 Å². The summed E-state index contributed by atoms with van der Waals surface area (Å²) in [6.45, 7) is 4.21. The van der Waals surface area contributed by atoms with Crippen LogP contribution in [0.5, 0.6) is 0 Å². The van der Waals surface area contributed by atoms with Crippen molar-refractivity contribution < 1.29 is 14.1 Å².